The number of rotatable bonds is 6. The zero-order valence-electron chi connectivity index (χ0n) is 17.4. The second-order valence-electron chi connectivity index (χ2n) is 7.52. The second-order valence-corrected chi connectivity index (χ2v) is 7.52. The zero-order chi connectivity index (χ0) is 19.8. The number of piperidine rings is 1. The van der Waals surface area contributed by atoms with Crippen LogP contribution in [0.25, 0.3) is 0 Å². The van der Waals surface area contributed by atoms with Crippen LogP contribution < -0.4 is 15.5 Å². The lowest BCUT2D eigenvalue weighted by Crippen LogP contribution is -2.49. The highest BCUT2D eigenvalue weighted by Crippen LogP contribution is 2.18. The number of guanidine groups is 1. The Labute approximate surface area is 169 Å². The van der Waals surface area contributed by atoms with E-state index in [1.165, 1.54) is 16.7 Å². The maximum Gasteiger partial charge on any atom is 0.191 e. The zero-order valence-corrected chi connectivity index (χ0v) is 17.4. The quantitative estimate of drug-likeness (QED) is 0.597. The monoisotopic (exact) mass is 379 g/mol. The Morgan fingerprint density at radius 1 is 1.11 bits per heavy atom. The van der Waals surface area contributed by atoms with Gasteiger partial charge in [-0.15, -0.1) is 0 Å². The Balaban J connectivity index is 1.40. The van der Waals surface area contributed by atoms with Gasteiger partial charge < -0.3 is 15.5 Å². The van der Waals surface area contributed by atoms with Crippen LogP contribution in [0.2, 0.25) is 0 Å². The summed E-state index contributed by atoms with van der Waals surface area (Å²) in [4.78, 5) is 11.3. The van der Waals surface area contributed by atoms with E-state index < -0.39 is 0 Å². The minimum absolute atomic E-state index is 0.455. The molecule has 3 rings (SSSR count). The van der Waals surface area contributed by atoms with Gasteiger partial charge in [-0.1, -0.05) is 37.3 Å². The van der Waals surface area contributed by atoms with Crippen LogP contribution >= 0.6 is 0 Å². The standard InChI is InChI=1S/C23H33N5/c1-4-19-6-8-20(9-7-19)11-14-25-23(24-3)27-21-12-15-28(16-13-21)22-10-5-18(2)17-26-22/h5-10,17,21H,4,11-16H2,1-3H3,(H2,24,25,27). The number of benzene rings is 1. The molecule has 1 aromatic heterocycles. The first-order chi connectivity index (χ1) is 13.7. The molecule has 28 heavy (non-hydrogen) atoms. The summed E-state index contributed by atoms with van der Waals surface area (Å²) in [5.74, 6) is 1.98. The van der Waals surface area contributed by atoms with E-state index in [2.05, 4.69) is 75.8 Å². The first kappa shape index (κ1) is 20.2. The minimum atomic E-state index is 0.455. The van der Waals surface area contributed by atoms with Gasteiger partial charge in [-0.05, 0) is 55.4 Å². The molecule has 150 valence electrons. The third-order valence-corrected chi connectivity index (χ3v) is 5.42. The smallest absolute Gasteiger partial charge is 0.191 e. The van der Waals surface area contributed by atoms with E-state index in [9.17, 15) is 0 Å². The van der Waals surface area contributed by atoms with E-state index in [1.807, 2.05) is 13.2 Å². The van der Waals surface area contributed by atoms with Gasteiger partial charge in [0, 0.05) is 38.9 Å². The lowest BCUT2D eigenvalue weighted by molar-refractivity contribution is 0.459. The highest BCUT2D eigenvalue weighted by Gasteiger charge is 2.20. The molecular weight excluding hydrogens is 346 g/mol. The molecular formula is C23H33N5. The predicted molar refractivity (Wildman–Crippen MR) is 118 cm³/mol. The van der Waals surface area contributed by atoms with Gasteiger partial charge in [-0.2, -0.15) is 0 Å². The van der Waals surface area contributed by atoms with E-state index >= 15 is 0 Å². The Bertz CT molecular complexity index is 744. The van der Waals surface area contributed by atoms with Crippen molar-refractivity contribution in [2.45, 2.75) is 45.6 Å². The fraction of sp³-hybridized carbons (Fsp3) is 0.478. The molecule has 0 aliphatic carbocycles. The molecule has 1 saturated heterocycles. The second kappa shape index (κ2) is 10.1. The molecule has 5 nitrogen and oxygen atoms in total. The SMILES string of the molecule is CCc1ccc(CCNC(=NC)NC2CCN(c3ccc(C)cn3)CC2)cc1. The van der Waals surface area contributed by atoms with Gasteiger partial charge >= 0.3 is 0 Å². The third kappa shape index (κ3) is 5.72. The molecule has 0 radical (unpaired) electrons. The summed E-state index contributed by atoms with van der Waals surface area (Å²) in [6.45, 7) is 7.19. The first-order valence-electron chi connectivity index (χ1n) is 10.4. The van der Waals surface area contributed by atoms with Gasteiger partial charge in [-0.3, -0.25) is 4.99 Å². The van der Waals surface area contributed by atoms with Crippen LogP contribution in [0.4, 0.5) is 5.82 Å². The Kier molecular flexibility index (Phi) is 7.29. The summed E-state index contributed by atoms with van der Waals surface area (Å²) in [7, 11) is 1.84. The van der Waals surface area contributed by atoms with Crippen molar-refractivity contribution in [2.24, 2.45) is 4.99 Å². The van der Waals surface area contributed by atoms with Gasteiger partial charge in [-0.25, -0.2) is 4.98 Å². The van der Waals surface area contributed by atoms with Crippen molar-refractivity contribution in [3.8, 4) is 0 Å². The molecule has 0 saturated carbocycles. The number of aromatic nitrogens is 1. The highest BCUT2D eigenvalue weighted by atomic mass is 15.2. The topological polar surface area (TPSA) is 52.6 Å². The Hall–Kier alpha value is -2.56. The Morgan fingerprint density at radius 3 is 2.43 bits per heavy atom. The highest BCUT2D eigenvalue weighted by molar-refractivity contribution is 5.80. The van der Waals surface area contributed by atoms with Crippen LogP contribution in [-0.4, -0.2) is 43.7 Å². The summed E-state index contributed by atoms with van der Waals surface area (Å²) in [6, 6.07) is 13.6. The summed E-state index contributed by atoms with van der Waals surface area (Å²) in [5.41, 5.74) is 3.96. The van der Waals surface area contributed by atoms with Crippen LogP contribution in [-0.2, 0) is 12.8 Å². The fourth-order valence-corrected chi connectivity index (χ4v) is 3.55. The first-order valence-corrected chi connectivity index (χ1v) is 10.4. The molecule has 2 heterocycles. The maximum atomic E-state index is 4.55. The Morgan fingerprint density at radius 2 is 1.82 bits per heavy atom. The molecule has 5 heteroatoms. The van der Waals surface area contributed by atoms with Crippen LogP contribution in [0.5, 0.6) is 0 Å². The molecule has 0 amide bonds. The number of hydrogen-bond donors (Lipinski definition) is 2. The number of aliphatic imine (C=N–C) groups is 1. The number of pyridine rings is 1. The number of aryl methyl sites for hydroxylation is 2. The molecule has 0 atom stereocenters. The summed E-state index contributed by atoms with van der Waals surface area (Å²) < 4.78 is 0. The van der Waals surface area contributed by atoms with Gasteiger partial charge in [0.15, 0.2) is 5.96 Å². The van der Waals surface area contributed by atoms with E-state index in [0.717, 1.165) is 57.1 Å². The molecule has 1 aromatic carbocycles. The van der Waals surface area contributed by atoms with Gasteiger partial charge in [0.05, 0.1) is 0 Å². The largest absolute Gasteiger partial charge is 0.356 e. The molecule has 0 spiro atoms. The summed E-state index contributed by atoms with van der Waals surface area (Å²) in [5, 5.41) is 7.04. The lowest BCUT2D eigenvalue weighted by Gasteiger charge is -2.33. The minimum Gasteiger partial charge on any atom is -0.356 e. The average Bonchev–Trinajstić information content (AvgIpc) is 2.74. The van der Waals surface area contributed by atoms with Gasteiger partial charge in [0.1, 0.15) is 5.82 Å². The van der Waals surface area contributed by atoms with E-state index in [-0.39, 0.29) is 0 Å². The summed E-state index contributed by atoms with van der Waals surface area (Å²) in [6.07, 6.45) is 6.22. The summed E-state index contributed by atoms with van der Waals surface area (Å²) >= 11 is 0. The normalized spacial score (nSPS) is 15.5. The average molecular weight is 380 g/mol. The van der Waals surface area contributed by atoms with Crippen molar-refractivity contribution in [1.82, 2.24) is 15.6 Å². The fourth-order valence-electron chi connectivity index (χ4n) is 3.55. The molecule has 0 unspecified atom stereocenters. The number of hydrogen-bond acceptors (Lipinski definition) is 3. The van der Waals surface area contributed by atoms with Crippen molar-refractivity contribution in [2.75, 3.05) is 31.6 Å². The van der Waals surface area contributed by atoms with E-state index in [4.69, 9.17) is 0 Å². The van der Waals surface area contributed by atoms with Crippen molar-refractivity contribution in [3.63, 3.8) is 0 Å². The van der Waals surface area contributed by atoms with E-state index in [0.29, 0.717) is 6.04 Å². The van der Waals surface area contributed by atoms with Gasteiger partial charge in [0.2, 0.25) is 0 Å². The molecule has 0 bridgehead atoms. The van der Waals surface area contributed by atoms with Crippen LogP contribution in [0.1, 0.15) is 36.5 Å². The van der Waals surface area contributed by atoms with E-state index in [1.54, 1.807) is 0 Å². The van der Waals surface area contributed by atoms with Gasteiger partial charge in [0.25, 0.3) is 0 Å². The molecule has 2 aromatic rings. The lowest BCUT2D eigenvalue weighted by atomic mass is 10.1. The van der Waals surface area contributed by atoms with Crippen LogP contribution in [0, 0.1) is 6.92 Å². The number of nitrogens with one attached hydrogen (secondary N) is 2. The van der Waals surface area contributed by atoms with Crippen LogP contribution in [0.3, 0.4) is 0 Å². The molecule has 1 aliphatic rings. The predicted octanol–water partition coefficient (Wildman–Crippen LogP) is 3.33. The molecule has 1 aliphatic heterocycles. The molecule has 1 fully saturated rings. The maximum absolute atomic E-state index is 4.55. The van der Waals surface area contributed by atoms with Crippen molar-refractivity contribution in [1.29, 1.82) is 0 Å². The third-order valence-electron chi connectivity index (χ3n) is 5.42. The number of anilines is 1. The van der Waals surface area contributed by atoms with Crippen LogP contribution in [0.15, 0.2) is 47.6 Å². The van der Waals surface area contributed by atoms with Crippen molar-refractivity contribution < 1.29 is 0 Å². The van der Waals surface area contributed by atoms with Crippen molar-refractivity contribution in [3.05, 3.63) is 59.3 Å². The molecule has 2 N–H and O–H groups in total. The number of nitrogens with zero attached hydrogens (tertiary/aromatic N) is 3. The van der Waals surface area contributed by atoms with Crippen molar-refractivity contribution >= 4 is 11.8 Å².